The fourth-order valence-corrected chi connectivity index (χ4v) is 5.91. The minimum absolute atomic E-state index is 0.139. The van der Waals surface area contributed by atoms with Crippen molar-refractivity contribution in [2.75, 3.05) is 38.6 Å². The first-order valence-corrected chi connectivity index (χ1v) is 10.6. The Bertz CT molecular complexity index is 793. The van der Waals surface area contributed by atoms with E-state index in [9.17, 15) is 4.79 Å². The summed E-state index contributed by atoms with van der Waals surface area (Å²) < 4.78 is 7.16. The second-order valence-corrected chi connectivity index (χ2v) is 8.76. The number of nitrogens with zero attached hydrogens (tertiary/aromatic N) is 2. The van der Waals surface area contributed by atoms with E-state index < -0.39 is 0 Å². The van der Waals surface area contributed by atoms with Crippen molar-refractivity contribution < 1.29 is 9.64 Å². The number of fused-ring (bicyclic) bond motifs is 3. The molecular formula is C17H24N3O2S2+. The van der Waals surface area contributed by atoms with Crippen LogP contribution in [0.2, 0.25) is 0 Å². The van der Waals surface area contributed by atoms with Crippen LogP contribution < -0.4 is 10.5 Å². The van der Waals surface area contributed by atoms with Gasteiger partial charge < -0.3 is 9.64 Å². The Morgan fingerprint density at radius 3 is 2.92 bits per heavy atom. The maximum atomic E-state index is 12.8. The maximum Gasteiger partial charge on any atom is 0.262 e. The number of aromatic nitrogens is 2. The minimum Gasteiger partial charge on any atom is -0.370 e. The van der Waals surface area contributed by atoms with Gasteiger partial charge in [0, 0.05) is 11.9 Å². The van der Waals surface area contributed by atoms with Crippen molar-refractivity contribution in [1.29, 1.82) is 0 Å². The van der Waals surface area contributed by atoms with Gasteiger partial charge in [-0.25, -0.2) is 4.98 Å². The maximum absolute atomic E-state index is 12.8. The SMILES string of the molecule is Cn1c(SCC[NH+]2CCOCC2)nc2sc3c(c2c1=O)CCCC3. The molecule has 1 saturated heterocycles. The van der Waals surface area contributed by atoms with Crippen LogP contribution in [-0.4, -0.2) is 48.2 Å². The van der Waals surface area contributed by atoms with Crippen molar-refractivity contribution in [2.45, 2.75) is 30.8 Å². The normalized spacial score (nSPS) is 18.9. The molecule has 0 aromatic carbocycles. The number of morpholine rings is 1. The number of rotatable bonds is 4. The van der Waals surface area contributed by atoms with Crippen molar-refractivity contribution >= 4 is 33.3 Å². The van der Waals surface area contributed by atoms with E-state index in [1.807, 2.05) is 7.05 Å². The molecule has 0 saturated carbocycles. The highest BCUT2D eigenvalue weighted by Gasteiger charge is 2.21. The highest BCUT2D eigenvalue weighted by Crippen LogP contribution is 2.34. The number of hydrogen-bond acceptors (Lipinski definition) is 5. The summed E-state index contributed by atoms with van der Waals surface area (Å²) in [6.45, 7) is 5.00. The molecule has 5 nitrogen and oxygen atoms in total. The number of hydrogen-bond donors (Lipinski definition) is 1. The summed E-state index contributed by atoms with van der Waals surface area (Å²) in [4.78, 5) is 21.6. The fourth-order valence-electron chi connectivity index (χ4n) is 3.59. The molecule has 3 heterocycles. The number of ether oxygens (including phenoxy) is 1. The number of nitrogens with one attached hydrogen (secondary N) is 1. The number of thiophene rings is 1. The van der Waals surface area contributed by atoms with Gasteiger partial charge in [-0.2, -0.15) is 0 Å². The highest BCUT2D eigenvalue weighted by atomic mass is 32.2. The van der Waals surface area contributed by atoms with Crippen LogP contribution in [0.4, 0.5) is 0 Å². The van der Waals surface area contributed by atoms with E-state index in [2.05, 4.69) is 0 Å². The summed E-state index contributed by atoms with van der Waals surface area (Å²) in [6.07, 6.45) is 4.59. The molecule has 1 fully saturated rings. The second-order valence-electron chi connectivity index (χ2n) is 6.61. The monoisotopic (exact) mass is 366 g/mol. The lowest BCUT2D eigenvalue weighted by molar-refractivity contribution is -0.905. The smallest absolute Gasteiger partial charge is 0.262 e. The Morgan fingerprint density at radius 2 is 2.08 bits per heavy atom. The van der Waals surface area contributed by atoms with Gasteiger partial charge in [-0.1, -0.05) is 11.8 Å². The van der Waals surface area contributed by atoms with Crippen molar-refractivity contribution in [1.82, 2.24) is 9.55 Å². The molecule has 2 aliphatic rings. The van der Waals surface area contributed by atoms with Crippen LogP contribution in [0.1, 0.15) is 23.3 Å². The zero-order valence-electron chi connectivity index (χ0n) is 14.1. The van der Waals surface area contributed by atoms with Crippen LogP contribution in [0.3, 0.4) is 0 Å². The molecule has 0 amide bonds. The predicted molar refractivity (Wildman–Crippen MR) is 98.6 cm³/mol. The van der Waals surface area contributed by atoms with Gasteiger partial charge >= 0.3 is 0 Å². The van der Waals surface area contributed by atoms with E-state index >= 15 is 0 Å². The second kappa shape index (κ2) is 7.15. The first kappa shape index (κ1) is 16.6. The average Bonchev–Trinajstić information content (AvgIpc) is 2.98. The lowest BCUT2D eigenvalue weighted by atomic mass is 9.97. The first-order chi connectivity index (χ1) is 11.7. The van der Waals surface area contributed by atoms with Crippen molar-refractivity contribution in [3.63, 3.8) is 0 Å². The van der Waals surface area contributed by atoms with Gasteiger partial charge in [-0.3, -0.25) is 9.36 Å². The largest absolute Gasteiger partial charge is 0.370 e. The quantitative estimate of drug-likeness (QED) is 0.645. The van der Waals surface area contributed by atoms with Crippen LogP contribution in [0.5, 0.6) is 0 Å². The third-order valence-corrected chi connectivity index (χ3v) is 7.26. The Morgan fingerprint density at radius 1 is 1.29 bits per heavy atom. The van der Waals surface area contributed by atoms with E-state index in [0.717, 1.165) is 66.8 Å². The zero-order chi connectivity index (χ0) is 16.5. The Kier molecular flexibility index (Phi) is 4.94. The van der Waals surface area contributed by atoms with Gasteiger partial charge in [0.2, 0.25) is 0 Å². The third kappa shape index (κ3) is 3.14. The molecule has 24 heavy (non-hydrogen) atoms. The van der Waals surface area contributed by atoms with E-state index in [1.165, 1.54) is 23.3 Å². The molecule has 130 valence electrons. The third-order valence-electron chi connectivity index (χ3n) is 5.04. The van der Waals surface area contributed by atoms with E-state index in [1.54, 1.807) is 32.6 Å². The van der Waals surface area contributed by atoms with Gasteiger partial charge in [0.05, 0.1) is 30.9 Å². The van der Waals surface area contributed by atoms with E-state index in [0.29, 0.717) is 0 Å². The van der Waals surface area contributed by atoms with Crippen LogP contribution in [-0.2, 0) is 24.6 Å². The van der Waals surface area contributed by atoms with Gasteiger partial charge in [0.25, 0.3) is 5.56 Å². The molecular weight excluding hydrogens is 342 g/mol. The Hall–Kier alpha value is -0.890. The lowest BCUT2D eigenvalue weighted by Gasteiger charge is -2.23. The molecule has 0 spiro atoms. The molecule has 2 aromatic rings. The van der Waals surface area contributed by atoms with Crippen molar-refractivity contribution in [2.24, 2.45) is 7.05 Å². The van der Waals surface area contributed by atoms with Gasteiger partial charge in [0.15, 0.2) is 5.16 Å². The molecule has 1 aliphatic carbocycles. The molecule has 7 heteroatoms. The fraction of sp³-hybridized carbons (Fsp3) is 0.647. The Balaban J connectivity index is 1.55. The highest BCUT2D eigenvalue weighted by molar-refractivity contribution is 7.99. The Labute approximate surface area is 150 Å². The summed E-state index contributed by atoms with van der Waals surface area (Å²) in [7, 11) is 1.87. The van der Waals surface area contributed by atoms with Crippen LogP contribution in [0.25, 0.3) is 10.2 Å². The molecule has 0 unspecified atom stereocenters. The molecule has 0 radical (unpaired) electrons. The molecule has 1 aliphatic heterocycles. The average molecular weight is 367 g/mol. The summed E-state index contributed by atoms with van der Waals surface area (Å²) >= 11 is 3.45. The van der Waals surface area contributed by atoms with Crippen molar-refractivity contribution in [3.8, 4) is 0 Å². The predicted octanol–water partition coefficient (Wildman–Crippen LogP) is 0.881. The molecule has 0 bridgehead atoms. The first-order valence-electron chi connectivity index (χ1n) is 8.79. The van der Waals surface area contributed by atoms with Crippen LogP contribution in [0.15, 0.2) is 9.95 Å². The molecule has 4 rings (SSSR count). The summed E-state index contributed by atoms with van der Waals surface area (Å²) in [5.74, 6) is 0.992. The van der Waals surface area contributed by atoms with Crippen LogP contribution in [0, 0.1) is 0 Å². The number of aryl methyl sites for hydroxylation is 2. The topological polar surface area (TPSA) is 48.6 Å². The van der Waals surface area contributed by atoms with E-state index in [-0.39, 0.29) is 5.56 Å². The van der Waals surface area contributed by atoms with Gasteiger partial charge in [-0.15, -0.1) is 11.3 Å². The van der Waals surface area contributed by atoms with Crippen LogP contribution >= 0.6 is 23.1 Å². The van der Waals surface area contributed by atoms with Crippen molar-refractivity contribution in [3.05, 3.63) is 20.8 Å². The summed E-state index contributed by atoms with van der Waals surface area (Å²) in [5.41, 5.74) is 1.42. The van der Waals surface area contributed by atoms with Gasteiger partial charge in [0.1, 0.15) is 17.9 Å². The zero-order valence-corrected chi connectivity index (χ0v) is 15.7. The summed E-state index contributed by atoms with van der Waals surface area (Å²) in [5, 5.41) is 1.75. The van der Waals surface area contributed by atoms with Gasteiger partial charge in [-0.05, 0) is 31.2 Å². The number of thioether (sulfide) groups is 1. The summed E-state index contributed by atoms with van der Waals surface area (Å²) in [6, 6.07) is 0. The lowest BCUT2D eigenvalue weighted by Crippen LogP contribution is -3.14. The number of quaternary nitrogens is 1. The van der Waals surface area contributed by atoms with E-state index in [4.69, 9.17) is 9.72 Å². The molecule has 1 N–H and O–H groups in total. The molecule has 2 aromatic heterocycles. The minimum atomic E-state index is 0.139. The molecule has 0 atom stereocenters. The standard InChI is InChI=1S/C17H23N3O2S2/c1-19-16(21)14-12-4-2-3-5-13(12)24-15(14)18-17(19)23-11-8-20-6-9-22-10-7-20/h2-11H2,1H3/p+1.